The monoisotopic (exact) mass is 402 g/mol. The molecule has 2 aliphatic rings. The van der Waals surface area contributed by atoms with Crippen LogP contribution in [0.4, 0.5) is 0 Å². The van der Waals surface area contributed by atoms with E-state index in [2.05, 4.69) is 4.98 Å². The highest BCUT2D eigenvalue weighted by molar-refractivity contribution is 7.14. The molecule has 1 fully saturated rings. The summed E-state index contributed by atoms with van der Waals surface area (Å²) < 4.78 is 0. The second-order valence-electron chi connectivity index (χ2n) is 7.16. The van der Waals surface area contributed by atoms with Crippen LogP contribution in [-0.2, 0) is 4.79 Å². The Labute approximate surface area is 166 Å². The summed E-state index contributed by atoms with van der Waals surface area (Å²) in [5, 5.41) is 13.5. The second-order valence-corrected chi connectivity index (χ2v) is 9.34. The first kappa shape index (κ1) is 18.4. The lowest BCUT2D eigenvalue weighted by Gasteiger charge is -2.36. The molecule has 1 N–H and O–H groups in total. The van der Waals surface area contributed by atoms with Gasteiger partial charge in [0, 0.05) is 10.9 Å². The number of thiophene rings is 1. The highest BCUT2D eigenvalue weighted by Crippen LogP contribution is 2.44. The van der Waals surface area contributed by atoms with Gasteiger partial charge in [0.2, 0.25) is 5.78 Å². The molecule has 2 aromatic rings. The summed E-state index contributed by atoms with van der Waals surface area (Å²) in [6, 6.07) is 3.42. The van der Waals surface area contributed by atoms with Crippen LogP contribution >= 0.6 is 22.7 Å². The number of rotatable bonds is 4. The lowest BCUT2D eigenvalue weighted by atomic mass is 9.92. The number of thiazole rings is 1. The third kappa shape index (κ3) is 3.12. The van der Waals surface area contributed by atoms with Gasteiger partial charge in [-0.2, -0.15) is 0 Å². The number of hydrogen-bond acceptors (Lipinski definition) is 6. The quantitative estimate of drug-likeness (QED) is 0.751. The van der Waals surface area contributed by atoms with Crippen LogP contribution in [0.25, 0.3) is 0 Å². The molecule has 7 heteroatoms. The molecule has 0 saturated heterocycles. The maximum absolute atomic E-state index is 13.3. The van der Waals surface area contributed by atoms with Crippen molar-refractivity contribution in [3.63, 3.8) is 0 Å². The van der Waals surface area contributed by atoms with Gasteiger partial charge < -0.3 is 10.0 Å². The minimum absolute atomic E-state index is 0.0649. The number of ketones is 1. The standard InChI is InChI=1S/C20H22N2O3S2/c1-11-19(27-12(2)21-11)17(23)15-16(14-9-6-10-26-14)22(20(25)18(15)24)13-7-4-3-5-8-13/h6,9-10,13,16,24H,3-5,7-8H2,1-2H3. The van der Waals surface area contributed by atoms with E-state index < -0.39 is 17.7 Å². The highest BCUT2D eigenvalue weighted by atomic mass is 32.1. The van der Waals surface area contributed by atoms with Gasteiger partial charge in [-0.25, -0.2) is 4.98 Å². The molecule has 1 aliphatic carbocycles. The number of amides is 1. The smallest absolute Gasteiger partial charge is 0.290 e. The maximum atomic E-state index is 13.3. The first-order valence-electron chi connectivity index (χ1n) is 9.27. The maximum Gasteiger partial charge on any atom is 0.290 e. The fraction of sp³-hybridized carbons (Fsp3) is 0.450. The van der Waals surface area contributed by atoms with Crippen LogP contribution in [0.2, 0.25) is 0 Å². The molecule has 1 aliphatic heterocycles. The zero-order valence-electron chi connectivity index (χ0n) is 15.4. The van der Waals surface area contributed by atoms with Crippen molar-refractivity contribution in [1.82, 2.24) is 9.88 Å². The lowest BCUT2D eigenvalue weighted by Crippen LogP contribution is -2.41. The van der Waals surface area contributed by atoms with E-state index in [0.717, 1.165) is 35.6 Å². The fourth-order valence-electron chi connectivity index (χ4n) is 4.18. The molecular weight excluding hydrogens is 380 g/mol. The van der Waals surface area contributed by atoms with Gasteiger partial charge >= 0.3 is 0 Å². The van der Waals surface area contributed by atoms with Crippen molar-refractivity contribution in [3.8, 4) is 0 Å². The Kier molecular flexibility index (Phi) is 4.90. The third-order valence-electron chi connectivity index (χ3n) is 5.38. The summed E-state index contributed by atoms with van der Waals surface area (Å²) in [5.74, 6) is -1.09. The molecule has 2 aromatic heterocycles. The first-order chi connectivity index (χ1) is 13.0. The predicted octanol–water partition coefficient (Wildman–Crippen LogP) is 4.73. The van der Waals surface area contributed by atoms with Gasteiger partial charge in [-0.3, -0.25) is 9.59 Å². The number of Topliss-reactive ketones (excluding diaryl/α,β-unsaturated/α-hetero) is 1. The second kappa shape index (κ2) is 7.20. The highest BCUT2D eigenvalue weighted by Gasteiger charge is 2.47. The molecule has 1 unspecified atom stereocenters. The minimum atomic E-state index is -0.505. The van der Waals surface area contributed by atoms with Crippen LogP contribution in [0, 0.1) is 13.8 Å². The van der Waals surface area contributed by atoms with Gasteiger partial charge in [-0.05, 0) is 38.1 Å². The zero-order valence-corrected chi connectivity index (χ0v) is 17.0. The van der Waals surface area contributed by atoms with Crippen LogP contribution < -0.4 is 0 Å². The summed E-state index contributed by atoms with van der Waals surface area (Å²) in [6.07, 6.45) is 5.15. The molecule has 0 aromatic carbocycles. The van der Waals surface area contributed by atoms with Crippen molar-refractivity contribution in [3.05, 3.63) is 49.3 Å². The number of aromatic nitrogens is 1. The molecular formula is C20H22N2O3S2. The number of carbonyl (C=O) groups is 2. The van der Waals surface area contributed by atoms with Crippen molar-refractivity contribution < 1.29 is 14.7 Å². The Morgan fingerprint density at radius 3 is 2.59 bits per heavy atom. The van der Waals surface area contributed by atoms with Crippen LogP contribution in [-0.4, -0.2) is 32.7 Å². The van der Waals surface area contributed by atoms with Crippen LogP contribution in [0.5, 0.6) is 0 Å². The van der Waals surface area contributed by atoms with Crippen molar-refractivity contribution in [1.29, 1.82) is 0 Å². The molecule has 1 atom stereocenters. The van der Waals surface area contributed by atoms with Crippen LogP contribution in [0.3, 0.4) is 0 Å². The number of aliphatic hydroxyl groups excluding tert-OH is 1. The Bertz CT molecular complexity index is 908. The Hall–Kier alpha value is -1.99. The van der Waals surface area contributed by atoms with Crippen LogP contribution in [0.15, 0.2) is 28.8 Å². The van der Waals surface area contributed by atoms with Gasteiger partial charge in [-0.1, -0.05) is 25.3 Å². The molecule has 3 heterocycles. The average Bonchev–Trinajstić information content (AvgIpc) is 3.35. The van der Waals surface area contributed by atoms with Crippen molar-refractivity contribution in [2.75, 3.05) is 0 Å². The number of nitrogens with zero attached hydrogens (tertiary/aromatic N) is 2. The molecule has 0 spiro atoms. The molecule has 1 saturated carbocycles. The summed E-state index contributed by atoms with van der Waals surface area (Å²) in [6.45, 7) is 3.65. The van der Waals surface area contributed by atoms with Crippen molar-refractivity contribution in [2.24, 2.45) is 0 Å². The summed E-state index contributed by atoms with van der Waals surface area (Å²) in [5.41, 5.74) is 0.857. The first-order valence-corrected chi connectivity index (χ1v) is 11.0. The van der Waals surface area contributed by atoms with E-state index in [9.17, 15) is 14.7 Å². The molecule has 142 valence electrons. The van der Waals surface area contributed by atoms with E-state index in [1.807, 2.05) is 24.4 Å². The van der Waals surface area contributed by atoms with E-state index >= 15 is 0 Å². The lowest BCUT2D eigenvalue weighted by molar-refractivity contribution is -0.132. The summed E-state index contributed by atoms with van der Waals surface area (Å²) in [4.78, 5) is 33.9. The number of aliphatic hydroxyl groups is 1. The fourth-order valence-corrected chi connectivity index (χ4v) is 5.89. The normalized spacial score (nSPS) is 21.3. The Morgan fingerprint density at radius 2 is 2.00 bits per heavy atom. The Morgan fingerprint density at radius 1 is 1.26 bits per heavy atom. The van der Waals surface area contributed by atoms with E-state index in [1.54, 1.807) is 11.8 Å². The van der Waals surface area contributed by atoms with Gasteiger partial charge in [-0.15, -0.1) is 22.7 Å². The van der Waals surface area contributed by atoms with E-state index in [0.29, 0.717) is 10.6 Å². The van der Waals surface area contributed by atoms with Gasteiger partial charge in [0.05, 0.1) is 27.2 Å². The van der Waals surface area contributed by atoms with E-state index in [-0.39, 0.29) is 17.4 Å². The van der Waals surface area contributed by atoms with Gasteiger partial charge in [0.15, 0.2) is 5.76 Å². The van der Waals surface area contributed by atoms with E-state index in [4.69, 9.17) is 0 Å². The topological polar surface area (TPSA) is 70.5 Å². The molecule has 0 radical (unpaired) electrons. The van der Waals surface area contributed by atoms with Gasteiger partial charge in [0.1, 0.15) is 0 Å². The molecule has 5 nitrogen and oxygen atoms in total. The molecule has 0 bridgehead atoms. The molecule has 27 heavy (non-hydrogen) atoms. The predicted molar refractivity (Wildman–Crippen MR) is 106 cm³/mol. The van der Waals surface area contributed by atoms with Crippen molar-refractivity contribution >= 4 is 34.4 Å². The summed E-state index contributed by atoms with van der Waals surface area (Å²) in [7, 11) is 0. The third-order valence-corrected chi connectivity index (χ3v) is 7.38. The van der Waals surface area contributed by atoms with Crippen molar-refractivity contribution in [2.45, 2.75) is 58.0 Å². The van der Waals surface area contributed by atoms with Gasteiger partial charge in [0.25, 0.3) is 5.91 Å². The SMILES string of the molecule is Cc1nc(C)c(C(=O)C2=C(O)C(=O)N(C3CCCCC3)C2c2cccs2)s1. The summed E-state index contributed by atoms with van der Waals surface area (Å²) >= 11 is 2.83. The largest absolute Gasteiger partial charge is 0.503 e. The number of carbonyl (C=O) groups excluding carboxylic acids is 2. The molecule has 1 amide bonds. The number of aryl methyl sites for hydroxylation is 2. The zero-order chi connectivity index (χ0) is 19.1. The number of hydrogen-bond donors (Lipinski definition) is 1. The molecule has 4 rings (SSSR count). The van der Waals surface area contributed by atoms with Crippen LogP contribution in [0.1, 0.15) is 63.4 Å². The van der Waals surface area contributed by atoms with E-state index in [1.165, 1.54) is 29.1 Å². The average molecular weight is 403 g/mol. The minimum Gasteiger partial charge on any atom is -0.503 e. The Balaban J connectivity index is 1.79.